The molecule has 5 nitrogen and oxygen atoms in total. The van der Waals surface area contributed by atoms with Crippen LogP contribution in [0.4, 0.5) is 15.9 Å². The Bertz CT molecular complexity index is 443. The number of aromatic nitrogens is 1. The van der Waals surface area contributed by atoms with Gasteiger partial charge in [0.25, 0.3) is 5.91 Å². The molecule has 1 aliphatic heterocycles. The predicted molar refractivity (Wildman–Crippen MR) is 58.8 cm³/mol. The van der Waals surface area contributed by atoms with Crippen LogP contribution in [0.1, 0.15) is 13.3 Å². The summed E-state index contributed by atoms with van der Waals surface area (Å²) < 4.78 is 13.4. The van der Waals surface area contributed by atoms with Gasteiger partial charge in [0.15, 0.2) is 0 Å². The summed E-state index contributed by atoms with van der Waals surface area (Å²) in [6.45, 7) is 1.75. The van der Waals surface area contributed by atoms with Crippen LogP contribution >= 0.6 is 0 Å². The van der Waals surface area contributed by atoms with Crippen molar-refractivity contribution in [1.82, 2.24) is 4.98 Å². The van der Waals surface area contributed by atoms with Crippen molar-refractivity contribution < 1.29 is 9.18 Å². The van der Waals surface area contributed by atoms with Crippen LogP contribution in [-0.4, -0.2) is 22.8 Å². The van der Waals surface area contributed by atoms with Crippen molar-refractivity contribution in [2.45, 2.75) is 19.5 Å². The minimum absolute atomic E-state index is 0.238. The van der Waals surface area contributed by atoms with Gasteiger partial charge in [-0.2, -0.15) is 10.1 Å². The quantitative estimate of drug-likeness (QED) is 0.814. The lowest BCUT2D eigenvalue weighted by Crippen LogP contribution is -2.28. The van der Waals surface area contributed by atoms with E-state index in [2.05, 4.69) is 10.1 Å². The van der Waals surface area contributed by atoms with Crippen LogP contribution in [0.2, 0.25) is 0 Å². The molecule has 0 spiro atoms. The third-order valence-corrected chi connectivity index (χ3v) is 2.32. The number of alkyl halides is 1. The number of nitrogen functional groups attached to an aromatic ring is 1. The Morgan fingerprint density at radius 3 is 2.81 bits per heavy atom. The summed E-state index contributed by atoms with van der Waals surface area (Å²) in [6, 6.07) is 3.12. The standard InChI is InChI=1S/C10H11FN4O/c1-2-7-9(11)10(16)15(14-7)6-3-4-8(12)13-5-6/h3-5,9H,2H2,1H3,(H2,12,13). The third-order valence-electron chi connectivity index (χ3n) is 2.32. The molecule has 0 fully saturated rings. The van der Waals surface area contributed by atoms with Crippen LogP contribution in [0, 0.1) is 0 Å². The van der Waals surface area contributed by atoms with Crippen LogP contribution in [0.3, 0.4) is 0 Å². The van der Waals surface area contributed by atoms with E-state index in [4.69, 9.17) is 5.73 Å². The number of hydrazone groups is 1. The van der Waals surface area contributed by atoms with Gasteiger partial charge in [-0.3, -0.25) is 4.79 Å². The average Bonchev–Trinajstić information content (AvgIpc) is 2.57. The van der Waals surface area contributed by atoms with Crippen molar-refractivity contribution in [3.63, 3.8) is 0 Å². The van der Waals surface area contributed by atoms with E-state index in [1.54, 1.807) is 13.0 Å². The van der Waals surface area contributed by atoms with E-state index in [0.29, 0.717) is 17.9 Å². The number of amides is 1. The molecule has 84 valence electrons. The Morgan fingerprint density at radius 1 is 1.56 bits per heavy atom. The molecular formula is C10H11FN4O. The second kappa shape index (κ2) is 3.88. The van der Waals surface area contributed by atoms with E-state index in [9.17, 15) is 9.18 Å². The van der Waals surface area contributed by atoms with Crippen LogP contribution in [0.15, 0.2) is 23.4 Å². The Balaban J connectivity index is 2.32. The van der Waals surface area contributed by atoms with Crippen molar-refractivity contribution in [3.05, 3.63) is 18.3 Å². The topological polar surface area (TPSA) is 71.6 Å². The largest absolute Gasteiger partial charge is 0.384 e. The lowest BCUT2D eigenvalue weighted by atomic mass is 10.2. The Hall–Kier alpha value is -1.98. The lowest BCUT2D eigenvalue weighted by Gasteiger charge is -2.10. The molecule has 0 aliphatic carbocycles. The van der Waals surface area contributed by atoms with Gasteiger partial charge in [-0.05, 0) is 18.6 Å². The van der Waals surface area contributed by atoms with Gasteiger partial charge in [-0.15, -0.1) is 0 Å². The van der Waals surface area contributed by atoms with Crippen molar-refractivity contribution in [2.24, 2.45) is 5.10 Å². The van der Waals surface area contributed by atoms with E-state index < -0.39 is 12.1 Å². The number of hydrogen-bond acceptors (Lipinski definition) is 4. The van der Waals surface area contributed by atoms with Gasteiger partial charge >= 0.3 is 0 Å². The molecule has 0 saturated heterocycles. The number of carbonyl (C=O) groups excluding carboxylic acids is 1. The number of anilines is 2. The predicted octanol–water partition coefficient (Wildman–Crippen LogP) is 1.11. The zero-order valence-corrected chi connectivity index (χ0v) is 8.72. The second-order valence-corrected chi connectivity index (χ2v) is 3.40. The van der Waals surface area contributed by atoms with Crippen molar-refractivity contribution >= 4 is 23.1 Å². The summed E-state index contributed by atoms with van der Waals surface area (Å²) in [7, 11) is 0. The maximum Gasteiger partial charge on any atom is 0.287 e. The molecule has 1 unspecified atom stereocenters. The molecule has 6 heteroatoms. The van der Waals surface area contributed by atoms with E-state index >= 15 is 0 Å². The number of carbonyl (C=O) groups is 1. The highest BCUT2D eigenvalue weighted by atomic mass is 19.1. The first kappa shape index (κ1) is 10.5. The molecule has 0 bridgehead atoms. The molecule has 2 rings (SSSR count). The van der Waals surface area contributed by atoms with Crippen LogP contribution < -0.4 is 10.7 Å². The molecule has 1 atom stereocenters. The molecule has 0 saturated carbocycles. The molecule has 1 aliphatic rings. The van der Waals surface area contributed by atoms with Gasteiger partial charge in [-0.1, -0.05) is 6.92 Å². The summed E-state index contributed by atoms with van der Waals surface area (Å²) in [5.74, 6) is -0.338. The fourth-order valence-electron chi connectivity index (χ4n) is 1.44. The molecule has 1 aromatic heterocycles. The number of rotatable bonds is 2. The summed E-state index contributed by atoms with van der Waals surface area (Å²) in [5.41, 5.74) is 6.08. The van der Waals surface area contributed by atoms with Gasteiger partial charge in [0.2, 0.25) is 6.17 Å². The Morgan fingerprint density at radius 2 is 2.31 bits per heavy atom. The van der Waals surface area contributed by atoms with Crippen LogP contribution in [0.5, 0.6) is 0 Å². The molecule has 16 heavy (non-hydrogen) atoms. The molecule has 0 radical (unpaired) electrons. The normalized spacial score (nSPS) is 20.1. The number of halogens is 1. The lowest BCUT2D eigenvalue weighted by molar-refractivity contribution is -0.120. The summed E-state index contributed by atoms with van der Waals surface area (Å²) in [6.07, 6.45) is 0.163. The SMILES string of the molecule is CCC1=NN(c2ccc(N)nc2)C(=O)C1F. The van der Waals surface area contributed by atoms with E-state index in [0.717, 1.165) is 5.01 Å². The molecule has 1 aromatic rings. The van der Waals surface area contributed by atoms with Gasteiger partial charge in [0, 0.05) is 0 Å². The first-order valence-electron chi connectivity index (χ1n) is 4.90. The zero-order valence-electron chi connectivity index (χ0n) is 8.72. The van der Waals surface area contributed by atoms with Gasteiger partial charge < -0.3 is 5.73 Å². The highest BCUT2D eigenvalue weighted by Gasteiger charge is 2.35. The molecular weight excluding hydrogens is 211 g/mol. The van der Waals surface area contributed by atoms with Crippen LogP contribution in [0.25, 0.3) is 0 Å². The zero-order chi connectivity index (χ0) is 11.7. The highest BCUT2D eigenvalue weighted by Crippen LogP contribution is 2.22. The summed E-state index contributed by atoms with van der Waals surface area (Å²) >= 11 is 0. The minimum Gasteiger partial charge on any atom is -0.384 e. The van der Waals surface area contributed by atoms with Crippen molar-refractivity contribution in [2.75, 3.05) is 10.7 Å². The fraction of sp³-hybridized carbons (Fsp3) is 0.300. The number of pyridine rings is 1. The monoisotopic (exact) mass is 222 g/mol. The maximum absolute atomic E-state index is 13.4. The van der Waals surface area contributed by atoms with E-state index in [1.165, 1.54) is 12.3 Å². The van der Waals surface area contributed by atoms with E-state index in [-0.39, 0.29) is 5.71 Å². The van der Waals surface area contributed by atoms with Crippen molar-refractivity contribution in [3.8, 4) is 0 Å². The second-order valence-electron chi connectivity index (χ2n) is 3.40. The molecule has 1 amide bonds. The highest BCUT2D eigenvalue weighted by molar-refractivity contribution is 6.17. The Kier molecular flexibility index (Phi) is 2.55. The number of nitrogens with zero attached hydrogens (tertiary/aromatic N) is 3. The maximum atomic E-state index is 13.4. The molecule has 2 N–H and O–H groups in total. The number of hydrogen-bond donors (Lipinski definition) is 1. The minimum atomic E-state index is -1.64. The average molecular weight is 222 g/mol. The fourth-order valence-corrected chi connectivity index (χ4v) is 1.44. The van der Waals surface area contributed by atoms with Crippen molar-refractivity contribution in [1.29, 1.82) is 0 Å². The molecule has 0 aromatic carbocycles. The number of nitrogens with two attached hydrogens (primary N) is 1. The smallest absolute Gasteiger partial charge is 0.287 e. The van der Waals surface area contributed by atoms with Gasteiger partial charge in [0.1, 0.15) is 5.82 Å². The first-order valence-corrected chi connectivity index (χ1v) is 4.90. The molecule has 2 heterocycles. The van der Waals surface area contributed by atoms with Gasteiger partial charge in [-0.25, -0.2) is 9.37 Å². The summed E-state index contributed by atoms with van der Waals surface area (Å²) in [4.78, 5) is 15.4. The first-order chi connectivity index (χ1) is 7.63. The van der Waals surface area contributed by atoms with Gasteiger partial charge in [0.05, 0.1) is 17.6 Å². The van der Waals surface area contributed by atoms with Crippen LogP contribution in [-0.2, 0) is 4.79 Å². The third kappa shape index (κ3) is 1.62. The summed E-state index contributed by atoms with van der Waals surface area (Å²) in [5, 5.41) is 4.94. The van der Waals surface area contributed by atoms with E-state index in [1.807, 2.05) is 0 Å². The Labute approximate surface area is 91.8 Å².